The van der Waals surface area contributed by atoms with E-state index >= 15 is 0 Å². The normalized spacial score (nSPS) is 12.4. The third-order valence-corrected chi connectivity index (χ3v) is 4.65. The first-order valence-corrected chi connectivity index (χ1v) is 7.70. The minimum Gasteiger partial charge on any atom is -0.497 e. The number of hydrogen-bond acceptors (Lipinski definition) is 3. The van der Waals surface area contributed by atoms with Gasteiger partial charge in [0.05, 0.1) is 16.1 Å². The van der Waals surface area contributed by atoms with Crippen LogP contribution in [0.2, 0.25) is 0 Å². The average molecular weight is 374 g/mol. The summed E-state index contributed by atoms with van der Waals surface area (Å²) in [5.74, 6) is 0.867. The quantitative estimate of drug-likeness (QED) is 0.801. The second-order valence-electron chi connectivity index (χ2n) is 4.09. The van der Waals surface area contributed by atoms with Gasteiger partial charge in [0, 0.05) is 0 Å². The van der Waals surface area contributed by atoms with Crippen molar-refractivity contribution in [2.24, 2.45) is 0 Å². The molecule has 2 aromatic rings. The van der Waals surface area contributed by atoms with E-state index in [1.807, 2.05) is 35.7 Å². The van der Waals surface area contributed by atoms with E-state index in [4.69, 9.17) is 4.74 Å². The van der Waals surface area contributed by atoms with E-state index in [-0.39, 0.29) is 6.10 Å². The SMILES string of the molecule is COc1ccc(CCC(O)c2csc(I)c2)cc1. The molecule has 2 nitrogen and oxygen atoms in total. The Morgan fingerprint density at radius 2 is 2.06 bits per heavy atom. The number of benzene rings is 1. The van der Waals surface area contributed by atoms with Gasteiger partial charge in [0.2, 0.25) is 0 Å². The summed E-state index contributed by atoms with van der Waals surface area (Å²) < 4.78 is 6.33. The molecule has 0 aliphatic rings. The van der Waals surface area contributed by atoms with Crippen molar-refractivity contribution in [2.75, 3.05) is 7.11 Å². The van der Waals surface area contributed by atoms with Crippen molar-refractivity contribution in [3.05, 3.63) is 49.7 Å². The molecule has 1 aromatic heterocycles. The fourth-order valence-corrected chi connectivity index (χ4v) is 3.18. The summed E-state index contributed by atoms with van der Waals surface area (Å²) in [5, 5.41) is 12.1. The summed E-state index contributed by atoms with van der Waals surface area (Å²) in [6.07, 6.45) is 1.25. The fourth-order valence-electron chi connectivity index (χ4n) is 1.76. The molecule has 0 aliphatic heterocycles. The Balaban J connectivity index is 1.90. The van der Waals surface area contributed by atoms with Crippen molar-refractivity contribution in [3.63, 3.8) is 0 Å². The van der Waals surface area contributed by atoms with Crippen LogP contribution < -0.4 is 4.74 Å². The van der Waals surface area contributed by atoms with Crippen LogP contribution in [-0.4, -0.2) is 12.2 Å². The van der Waals surface area contributed by atoms with Gasteiger partial charge < -0.3 is 9.84 Å². The minimum atomic E-state index is -0.369. The third kappa shape index (κ3) is 3.70. The predicted molar refractivity (Wildman–Crippen MR) is 83.3 cm³/mol. The zero-order valence-corrected chi connectivity index (χ0v) is 13.1. The van der Waals surface area contributed by atoms with Gasteiger partial charge in [0.1, 0.15) is 5.75 Å². The standard InChI is InChI=1S/C14H15IO2S/c1-17-12-5-2-10(3-6-12)4-7-13(16)11-8-14(15)18-9-11/h2-3,5-6,8-9,13,16H,4,7H2,1H3. The third-order valence-electron chi connectivity index (χ3n) is 2.84. The van der Waals surface area contributed by atoms with Crippen molar-refractivity contribution < 1.29 is 9.84 Å². The second kappa shape index (κ2) is 6.54. The topological polar surface area (TPSA) is 29.5 Å². The molecule has 0 fully saturated rings. The van der Waals surface area contributed by atoms with Gasteiger partial charge in [-0.05, 0) is 70.1 Å². The van der Waals surface area contributed by atoms with Gasteiger partial charge in [-0.3, -0.25) is 0 Å². The van der Waals surface area contributed by atoms with Crippen LogP contribution in [0.4, 0.5) is 0 Å². The molecule has 18 heavy (non-hydrogen) atoms. The van der Waals surface area contributed by atoms with Crippen molar-refractivity contribution in [1.82, 2.24) is 0 Å². The zero-order chi connectivity index (χ0) is 13.0. The van der Waals surface area contributed by atoms with E-state index in [1.54, 1.807) is 18.4 Å². The Morgan fingerprint density at radius 1 is 1.33 bits per heavy atom. The van der Waals surface area contributed by atoms with E-state index in [9.17, 15) is 5.11 Å². The zero-order valence-electron chi connectivity index (χ0n) is 10.1. The first-order chi connectivity index (χ1) is 8.69. The van der Waals surface area contributed by atoms with Gasteiger partial charge in [-0.15, -0.1) is 11.3 Å². The van der Waals surface area contributed by atoms with Crippen LogP contribution in [0.5, 0.6) is 5.75 Å². The van der Waals surface area contributed by atoms with Crippen molar-refractivity contribution >= 4 is 33.9 Å². The van der Waals surface area contributed by atoms with E-state index in [2.05, 4.69) is 22.6 Å². The highest BCUT2D eigenvalue weighted by Gasteiger charge is 2.09. The number of aliphatic hydroxyl groups is 1. The highest BCUT2D eigenvalue weighted by Crippen LogP contribution is 2.25. The van der Waals surface area contributed by atoms with Crippen molar-refractivity contribution in [2.45, 2.75) is 18.9 Å². The molecule has 0 aliphatic carbocycles. The molecular formula is C14H15IO2S. The number of ether oxygens (including phenoxy) is 1. The van der Waals surface area contributed by atoms with Gasteiger partial charge >= 0.3 is 0 Å². The summed E-state index contributed by atoms with van der Waals surface area (Å²) in [6, 6.07) is 10.0. The highest BCUT2D eigenvalue weighted by atomic mass is 127. The smallest absolute Gasteiger partial charge is 0.118 e. The molecular weight excluding hydrogens is 359 g/mol. The maximum absolute atomic E-state index is 10.1. The molecule has 0 amide bonds. The Kier molecular flexibility index (Phi) is 5.03. The molecule has 0 saturated carbocycles. The molecule has 0 spiro atoms. The van der Waals surface area contributed by atoms with Gasteiger partial charge in [0.15, 0.2) is 0 Å². The maximum Gasteiger partial charge on any atom is 0.118 e. The summed E-state index contributed by atoms with van der Waals surface area (Å²) in [6.45, 7) is 0. The average Bonchev–Trinajstić information content (AvgIpc) is 2.83. The van der Waals surface area contributed by atoms with Gasteiger partial charge in [0.25, 0.3) is 0 Å². The van der Waals surface area contributed by atoms with Gasteiger partial charge in [-0.25, -0.2) is 0 Å². The summed E-state index contributed by atoms with van der Waals surface area (Å²) in [7, 11) is 1.66. The molecule has 96 valence electrons. The van der Waals surface area contributed by atoms with E-state index in [1.165, 1.54) is 8.45 Å². The van der Waals surface area contributed by atoms with Gasteiger partial charge in [-0.1, -0.05) is 12.1 Å². The van der Waals surface area contributed by atoms with Crippen LogP contribution in [0.3, 0.4) is 0 Å². The second-order valence-corrected chi connectivity index (χ2v) is 6.89. The number of rotatable bonds is 5. The Hall–Kier alpha value is -0.590. The Morgan fingerprint density at radius 3 is 2.61 bits per heavy atom. The fraction of sp³-hybridized carbons (Fsp3) is 0.286. The number of thiophene rings is 1. The number of aryl methyl sites for hydroxylation is 1. The van der Waals surface area contributed by atoms with Crippen LogP contribution in [0.25, 0.3) is 0 Å². The largest absolute Gasteiger partial charge is 0.497 e. The lowest BCUT2D eigenvalue weighted by Gasteiger charge is -2.09. The molecule has 2 rings (SSSR count). The van der Waals surface area contributed by atoms with Gasteiger partial charge in [-0.2, -0.15) is 0 Å². The number of aliphatic hydroxyl groups excluding tert-OH is 1. The molecule has 0 bridgehead atoms. The molecule has 1 unspecified atom stereocenters. The first kappa shape index (κ1) is 13.8. The van der Waals surface area contributed by atoms with E-state index in [0.29, 0.717) is 0 Å². The van der Waals surface area contributed by atoms with Crippen LogP contribution in [0, 0.1) is 2.88 Å². The van der Waals surface area contributed by atoms with Crippen LogP contribution >= 0.6 is 33.9 Å². The molecule has 0 saturated heterocycles. The summed E-state index contributed by atoms with van der Waals surface area (Å²) >= 11 is 3.94. The number of methoxy groups -OCH3 is 1. The summed E-state index contributed by atoms with van der Waals surface area (Å²) in [4.78, 5) is 0. The van der Waals surface area contributed by atoms with Crippen molar-refractivity contribution in [3.8, 4) is 5.75 Å². The molecule has 0 radical (unpaired) electrons. The summed E-state index contributed by atoms with van der Waals surface area (Å²) in [5.41, 5.74) is 2.25. The van der Waals surface area contributed by atoms with E-state index in [0.717, 1.165) is 24.2 Å². The van der Waals surface area contributed by atoms with Crippen molar-refractivity contribution in [1.29, 1.82) is 0 Å². The molecule has 1 atom stereocenters. The number of hydrogen-bond donors (Lipinski definition) is 1. The molecule has 1 aromatic carbocycles. The number of halogens is 1. The lowest BCUT2D eigenvalue weighted by molar-refractivity contribution is 0.168. The van der Waals surface area contributed by atoms with E-state index < -0.39 is 0 Å². The molecule has 1 heterocycles. The Bertz CT molecular complexity index is 493. The Labute approximate surface area is 125 Å². The van der Waals surface area contributed by atoms with Crippen LogP contribution in [0.1, 0.15) is 23.7 Å². The van der Waals surface area contributed by atoms with Crippen LogP contribution in [0.15, 0.2) is 35.7 Å². The molecule has 4 heteroatoms. The molecule has 1 N–H and O–H groups in total. The first-order valence-electron chi connectivity index (χ1n) is 5.74. The predicted octanol–water partition coefficient (Wildman–Crippen LogP) is 4.03. The maximum atomic E-state index is 10.1. The monoisotopic (exact) mass is 374 g/mol. The van der Waals surface area contributed by atoms with Crippen LogP contribution in [-0.2, 0) is 6.42 Å². The highest BCUT2D eigenvalue weighted by molar-refractivity contribution is 14.1. The minimum absolute atomic E-state index is 0.369. The lowest BCUT2D eigenvalue weighted by atomic mass is 10.0. The lowest BCUT2D eigenvalue weighted by Crippen LogP contribution is -1.98.